The molecule has 4 aliphatic rings. The Hall–Kier alpha value is 0. The van der Waals surface area contributed by atoms with Crippen molar-refractivity contribution in [2.75, 3.05) is 0 Å². The van der Waals surface area contributed by atoms with Crippen LogP contribution in [-0.2, 0) is 0 Å². The highest BCUT2D eigenvalue weighted by atomic mass is 14.6. The van der Waals surface area contributed by atoms with Gasteiger partial charge in [0.05, 0.1) is 0 Å². The summed E-state index contributed by atoms with van der Waals surface area (Å²) in [6.07, 6.45) is 9.40. The third kappa shape index (κ3) is 1.07. The SMILES string of the molecule is CC1CCCC2C(C)C(C3CC4CCC43)C12. The van der Waals surface area contributed by atoms with Crippen LogP contribution >= 0.6 is 0 Å². The molecule has 8 atom stereocenters. The van der Waals surface area contributed by atoms with Crippen LogP contribution < -0.4 is 0 Å². The molecular formula is C16H26. The molecule has 4 aliphatic carbocycles. The van der Waals surface area contributed by atoms with E-state index in [0.717, 1.165) is 29.6 Å². The zero-order valence-electron chi connectivity index (χ0n) is 10.9. The van der Waals surface area contributed by atoms with E-state index in [0.29, 0.717) is 0 Å². The predicted octanol–water partition coefficient (Wildman–Crippen LogP) is 4.35. The quantitative estimate of drug-likeness (QED) is 0.614. The maximum absolute atomic E-state index is 2.58. The van der Waals surface area contributed by atoms with Crippen molar-refractivity contribution in [3.8, 4) is 0 Å². The van der Waals surface area contributed by atoms with E-state index in [1.165, 1.54) is 30.6 Å². The van der Waals surface area contributed by atoms with Crippen LogP contribution in [0.2, 0.25) is 0 Å². The number of fused-ring (bicyclic) bond motifs is 2. The second-order valence-electron chi connectivity index (χ2n) is 7.49. The lowest BCUT2D eigenvalue weighted by Crippen LogP contribution is -2.60. The van der Waals surface area contributed by atoms with E-state index >= 15 is 0 Å². The van der Waals surface area contributed by atoms with Crippen LogP contribution in [0.4, 0.5) is 0 Å². The molecule has 0 heterocycles. The maximum atomic E-state index is 2.58. The van der Waals surface area contributed by atoms with Gasteiger partial charge in [-0.05, 0) is 73.0 Å². The van der Waals surface area contributed by atoms with E-state index < -0.39 is 0 Å². The topological polar surface area (TPSA) is 0 Å². The summed E-state index contributed by atoms with van der Waals surface area (Å²) in [4.78, 5) is 0. The van der Waals surface area contributed by atoms with Gasteiger partial charge in [0.25, 0.3) is 0 Å². The molecule has 4 fully saturated rings. The molecule has 0 nitrogen and oxygen atoms in total. The summed E-state index contributed by atoms with van der Waals surface area (Å²) < 4.78 is 0. The third-order valence-corrected chi connectivity index (χ3v) is 7.17. The first kappa shape index (κ1) is 9.97. The van der Waals surface area contributed by atoms with Gasteiger partial charge in [0.2, 0.25) is 0 Å². The van der Waals surface area contributed by atoms with Gasteiger partial charge >= 0.3 is 0 Å². The molecular weight excluding hydrogens is 192 g/mol. The predicted molar refractivity (Wildman–Crippen MR) is 67.0 cm³/mol. The molecule has 0 amide bonds. The molecule has 90 valence electrons. The lowest BCUT2D eigenvalue weighted by molar-refractivity contribution is -0.178. The first-order valence-electron chi connectivity index (χ1n) is 7.77. The summed E-state index contributed by atoms with van der Waals surface area (Å²) in [7, 11) is 0. The van der Waals surface area contributed by atoms with E-state index in [1.54, 1.807) is 25.7 Å². The van der Waals surface area contributed by atoms with Crippen LogP contribution in [0, 0.1) is 47.3 Å². The fourth-order valence-corrected chi connectivity index (χ4v) is 6.15. The zero-order valence-corrected chi connectivity index (χ0v) is 10.9. The molecule has 0 aromatic heterocycles. The molecule has 0 spiro atoms. The van der Waals surface area contributed by atoms with Crippen LogP contribution in [0.1, 0.15) is 52.4 Å². The van der Waals surface area contributed by atoms with Crippen molar-refractivity contribution in [1.29, 1.82) is 0 Å². The number of hydrogen-bond donors (Lipinski definition) is 0. The van der Waals surface area contributed by atoms with E-state index in [4.69, 9.17) is 0 Å². The van der Waals surface area contributed by atoms with Crippen LogP contribution in [-0.4, -0.2) is 0 Å². The van der Waals surface area contributed by atoms with Gasteiger partial charge in [-0.2, -0.15) is 0 Å². The Kier molecular flexibility index (Phi) is 2.04. The van der Waals surface area contributed by atoms with Crippen molar-refractivity contribution in [1.82, 2.24) is 0 Å². The molecule has 0 heteroatoms. The van der Waals surface area contributed by atoms with Crippen LogP contribution in [0.15, 0.2) is 0 Å². The lowest BCUT2D eigenvalue weighted by atomic mass is 9.39. The molecule has 0 radical (unpaired) electrons. The van der Waals surface area contributed by atoms with Gasteiger partial charge in [0.15, 0.2) is 0 Å². The Labute approximate surface area is 100 Å². The lowest BCUT2D eigenvalue weighted by Gasteiger charge is -2.66. The van der Waals surface area contributed by atoms with Gasteiger partial charge < -0.3 is 0 Å². The fraction of sp³-hybridized carbons (Fsp3) is 1.00. The summed E-state index contributed by atoms with van der Waals surface area (Å²) in [5, 5.41) is 0. The van der Waals surface area contributed by atoms with Crippen molar-refractivity contribution in [2.24, 2.45) is 47.3 Å². The van der Waals surface area contributed by atoms with Crippen molar-refractivity contribution >= 4 is 0 Å². The first-order chi connectivity index (χ1) is 7.77. The Balaban J connectivity index is 1.51. The molecule has 0 aromatic rings. The highest BCUT2D eigenvalue weighted by molar-refractivity contribution is 5.08. The van der Waals surface area contributed by atoms with E-state index in [-0.39, 0.29) is 0 Å². The van der Waals surface area contributed by atoms with Gasteiger partial charge in [0, 0.05) is 0 Å². The summed E-state index contributed by atoms with van der Waals surface area (Å²) in [5.41, 5.74) is 0. The van der Waals surface area contributed by atoms with Crippen molar-refractivity contribution in [3.05, 3.63) is 0 Å². The first-order valence-corrected chi connectivity index (χ1v) is 7.77. The Morgan fingerprint density at radius 1 is 0.750 bits per heavy atom. The second-order valence-corrected chi connectivity index (χ2v) is 7.49. The molecule has 0 aliphatic heterocycles. The van der Waals surface area contributed by atoms with Crippen LogP contribution in [0.3, 0.4) is 0 Å². The Morgan fingerprint density at radius 3 is 2.25 bits per heavy atom. The minimum absolute atomic E-state index is 1.05. The summed E-state index contributed by atoms with van der Waals surface area (Å²) in [6, 6.07) is 0. The van der Waals surface area contributed by atoms with Crippen molar-refractivity contribution < 1.29 is 0 Å². The smallest absolute Gasteiger partial charge is 0.0321 e. The number of hydrogen-bond acceptors (Lipinski definition) is 0. The Bertz CT molecular complexity index is 294. The number of rotatable bonds is 1. The molecule has 8 unspecified atom stereocenters. The minimum Gasteiger partial charge on any atom is -0.0622 e. The molecule has 0 aromatic carbocycles. The molecule has 4 rings (SSSR count). The molecule has 4 saturated carbocycles. The van der Waals surface area contributed by atoms with Crippen molar-refractivity contribution in [3.63, 3.8) is 0 Å². The fourth-order valence-electron chi connectivity index (χ4n) is 6.15. The monoisotopic (exact) mass is 218 g/mol. The molecule has 0 N–H and O–H groups in total. The third-order valence-electron chi connectivity index (χ3n) is 7.17. The Morgan fingerprint density at radius 2 is 1.62 bits per heavy atom. The average molecular weight is 218 g/mol. The molecule has 0 saturated heterocycles. The summed E-state index contributed by atoms with van der Waals surface area (Å²) in [5.74, 6) is 9.14. The molecule has 16 heavy (non-hydrogen) atoms. The van der Waals surface area contributed by atoms with Gasteiger partial charge in [-0.25, -0.2) is 0 Å². The largest absolute Gasteiger partial charge is 0.0622 e. The average Bonchev–Trinajstić information content (AvgIpc) is 2.25. The van der Waals surface area contributed by atoms with Gasteiger partial charge in [0.1, 0.15) is 0 Å². The van der Waals surface area contributed by atoms with Crippen LogP contribution in [0.25, 0.3) is 0 Å². The highest BCUT2D eigenvalue weighted by Crippen LogP contribution is 2.67. The van der Waals surface area contributed by atoms with Gasteiger partial charge in [-0.15, -0.1) is 0 Å². The van der Waals surface area contributed by atoms with Gasteiger partial charge in [-0.3, -0.25) is 0 Å². The van der Waals surface area contributed by atoms with E-state index in [1.807, 2.05) is 0 Å². The summed E-state index contributed by atoms with van der Waals surface area (Å²) >= 11 is 0. The standard InChI is InChI=1S/C16H26/c1-9-4-3-5-12-10(2)16(15(9)12)14-8-11-6-7-13(11)14/h9-16H,3-8H2,1-2H3. The minimum atomic E-state index is 1.05. The zero-order chi connectivity index (χ0) is 10.9. The van der Waals surface area contributed by atoms with Crippen molar-refractivity contribution in [2.45, 2.75) is 52.4 Å². The summed E-state index contributed by atoms with van der Waals surface area (Å²) in [6.45, 7) is 5.13. The highest BCUT2D eigenvalue weighted by Gasteiger charge is 2.60. The second kappa shape index (κ2) is 3.27. The van der Waals surface area contributed by atoms with E-state index in [9.17, 15) is 0 Å². The maximum Gasteiger partial charge on any atom is -0.0321 e. The normalized spacial score (nSPS) is 63.4. The van der Waals surface area contributed by atoms with E-state index in [2.05, 4.69) is 13.8 Å². The van der Waals surface area contributed by atoms with Gasteiger partial charge in [-0.1, -0.05) is 26.7 Å². The molecule has 0 bridgehead atoms. The van der Waals surface area contributed by atoms with Crippen LogP contribution in [0.5, 0.6) is 0 Å².